The minimum absolute atomic E-state index is 0.261. The number of benzene rings is 1. The van der Waals surface area contributed by atoms with Gasteiger partial charge >= 0.3 is 0 Å². The van der Waals surface area contributed by atoms with Crippen LogP contribution in [0.3, 0.4) is 0 Å². The lowest BCUT2D eigenvalue weighted by Gasteiger charge is -2.22. The summed E-state index contributed by atoms with van der Waals surface area (Å²) in [6.07, 6.45) is 2.85. The summed E-state index contributed by atoms with van der Waals surface area (Å²) in [6.45, 7) is 4.22. The van der Waals surface area contributed by atoms with Crippen molar-refractivity contribution in [3.05, 3.63) is 29.3 Å². The number of nitrogens with one attached hydrogen (secondary N) is 1. The molecule has 2 rings (SSSR count). The molecule has 6 heteroatoms. The molecule has 0 aromatic heterocycles. The van der Waals surface area contributed by atoms with E-state index in [0.29, 0.717) is 19.7 Å². The van der Waals surface area contributed by atoms with Crippen LogP contribution in [0.2, 0.25) is 0 Å². The SMILES string of the molecule is CCc1ccc(S(=O)(=O)NCC2CCCOC2)cc1CN. The predicted octanol–water partition coefficient (Wildman–Crippen LogP) is 1.41. The molecule has 1 aliphatic rings. The number of rotatable bonds is 6. The van der Waals surface area contributed by atoms with Gasteiger partial charge in [0.1, 0.15) is 0 Å². The number of aryl methyl sites for hydroxylation is 1. The number of hydrogen-bond acceptors (Lipinski definition) is 4. The molecule has 118 valence electrons. The highest BCUT2D eigenvalue weighted by molar-refractivity contribution is 7.89. The van der Waals surface area contributed by atoms with Gasteiger partial charge in [0.15, 0.2) is 0 Å². The molecule has 0 radical (unpaired) electrons. The summed E-state index contributed by atoms with van der Waals surface area (Å²) in [4.78, 5) is 0.289. The summed E-state index contributed by atoms with van der Waals surface area (Å²) >= 11 is 0. The van der Waals surface area contributed by atoms with Crippen molar-refractivity contribution in [3.8, 4) is 0 Å². The van der Waals surface area contributed by atoms with E-state index in [9.17, 15) is 8.42 Å². The standard InChI is InChI=1S/C15H24N2O3S/c1-2-13-5-6-15(8-14(13)9-16)21(18,19)17-10-12-4-3-7-20-11-12/h5-6,8,12,17H,2-4,7,9-11,16H2,1H3. The molecule has 0 aliphatic carbocycles. The third kappa shape index (κ3) is 4.26. The van der Waals surface area contributed by atoms with Gasteiger partial charge in [-0.25, -0.2) is 13.1 Å². The van der Waals surface area contributed by atoms with Crippen LogP contribution in [0.1, 0.15) is 30.9 Å². The maximum absolute atomic E-state index is 12.3. The minimum atomic E-state index is -3.48. The third-order valence-corrected chi connectivity index (χ3v) is 5.33. The second kappa shape index (κ2) is 7.35. The highest BCUT2D eigenvalue weighted by Crippen LogP contribution is 2.18. The Morgan fingerprint density at radius 1 is 1.38 bits per heavy atom. The van der Waals surface area contributed by atoms with Gasteiger partial charge in [-0.2, -0.15) is 0 Å². The second-order valence-corrected chi connectivity index (χ2v) is 7.19. The zero-order valence-electron chi connectivity index (χ0n) is 12.5. The van der Waals surface area contributed by atoms with Crippen molar-refractivity contribution in [1.29, 1.82) is 0 Å². The highest BCUT2D eigenvalue weighted by Gasteiger charge is 2.19. The number of sulfonamides is 1. The Bertz CT molecular complexity index is 566. The average molecular weight is 312 g/mol. The van der Waals surface area contributed by atoms with Crippen LogP contribution in [0.25, 0.3) is 0 Å². The first kappa shape index (κ1) is 16.4. The molecular formula is C15H24N2O3S. The quantitative estimate of drug-likeness (QED) is 0.832. The molecule has 3 N–H and O–H groups in total. The molecule has 0 saturated carbocycles. The van der Waals surface area contributed by atoms with Crippen molar-refractivity contribution in [2.24, 2.45) is 11.7 Å². The maximum atomic E-state index is 12.3. The molecule has 1 saturated heterocycles. The molecule has 1 aromatic rings. The summed E-state index contributed by atoms with van der Waals surface area (Å²) in [5, 5.41) is 0. The molecule has 0 spiro atoms. The first-order valence-corrected chi connectivity index (χ1v) is 8.94. The lowest BCUT2D eigenvalue weighted by atomic mass is 10.0. The second-order valence-electron chi connectivity index (χ2n) is 5.42. The van der Waals surface area contributed by atoms with Crippen molar-refractivity contribution in [1.82, 2.24) is 4.72 Å². The Balaban J connectivity index is 2.07. The van der Waals surface area contributed by atoms with Crippen molar-refractivity contribution in [2.75, 3.05) is 19.8 Å². The fourth-order valence-corrected chi connectivity index (χ4v) is 3.75. The fraction of sp³-hybridized carbons (Fsp3) is 0.600. The van der Waals surface area contributed by atoms with Crippen LogP contribution in [-0.2, 0) is 27.7 Å². The summed E-state index contributed by atoms with van der Waals surface area (Å²) < 4.78 is 32.8. The van der Waals surface area contributed by atoms with Crippen LogP contribution < -0.4 is 10.5 Å². The fourth-order valence-electron chi connectivity index (χ4n) is 2.58. The molecule has 1 aromatic carbocycles. The van der Waals surface area contributed by atoms with Gasteiger partial charge in [-0.1, -0.05) is 13.0 Å². The van der Waals surface area contributed by atoms with E-state index in [4.69, 9.17) is 10.5 Å². The number of nitrogens with two attached hydrogens (primary N) is 1. The van der Waals surface area contributed by atoms with Gasteiger partial charge in [-0.05, 0) is 48.4 Å². The Morgan fingerprint density at radius 2 is 2.19 bits per heavy atom. The Hall–Kier alpha value is -0.950. The van der Waals surface area contributed by atoms with E-state index in [1.165, 1.54) is 0 Å². The lowest BCUT2D eigenvalue weighted by molar-refractivity contribution is 0.0568. The van der Waals surface area contributed by atoms with Crippen LogP contribution in [0, 0.1) is 5.92 Å². The van der Waals surface area contributed by atoms with E-state index in [0.717, 1.165) is 37.0 Å². The smallest absolute Gasteiger partial charge is 0.240 e. The van der Waals surface area contributed by atoms with Crippen LogP contribution in [0.15, 0.2) is 23.1 Å². The van der Waals surface area contributed by atoms with Crippen LogP contribution in [0.5, 0.6) is 0 Å². The predicted molar refractivity (Wildman–Crippen MR) is 82.4 cm³/mol. The van der Waals surface area contributed by atoms with Crippen molar-refractivity contribution in [3.63, 3.8) is 0 Å². The minimum Gasteiger partial charge on any atom is -0.381 e. The first-order valence-electron chi connectivity index (χ1n) is 7.46. The van der Waals surface area contributed by atoms with Gasteiger partial charge < -0.3 is 10.5 Å². The maximum Gasteiger partial charge on any atom is 0.240 e. The van der Waals surface area contributed by atoms with Crippen LogP contribution in [-0.4, -0.2) is 28.2 Å². The molecule has 5 nitrogen and oxygen atoms in total. The number of ether oxygens (including phenoxy) is 1. The molecule has 1 atom stereocenters. The van der Waals surface area contributed by atoms with Gasteiger partial charge in [0.25, 0.3) is 0 Å². The van der Waals surface area contributed by atoms with Gasteiger partial charge in [-0.15, -0.1) is 0 Å². The average Bonchev–Trinajstić information content (AvgIpc) is 2.53. The monoisotopic (exact) mass is 312 g/mol. The van der Waals surface area contributed by atoms with Gasteiger partial charge in [0, 0.05) is 19.7 Å². The molecule has 21 heavy (non-hydrogen) atoms. The number of hydrogen-bond donors (Lipinski definition) is 2. The molecule has 1 unspecified atom stereocenters. The van der Waals surface area contributed by atoms with Gasteiger partial charge in [-0.3, -0.25) is 0 Å². The summed E-state index contributed by atoms with van der Waals surface area (Å²) in [5.74, 6) is 0.261. The Morgan fingerprint density at radius 3 is 2.81 bits per heavy atom. The molecule has 0 amide bonds. The summed E-state index contributed by atoms with van der Waals surface area (Å²) in [6, 6.07) is 5.18. The van der Waals surface area contributed by atoms with Crippen molar-refractivity contribution < 1.29 is 13.2 Å². The van der Waals surface area contributed by atoms with E-state index in [-0.39, 0.29) is 10.8 Å². The molecule has 0 bridgehead atoms. The van der Waals surface area contributed by atoms with E-state index < -0.39 is 10.0 Å². The van der Waals surface area contributed by atoms with Crippen molar-refractivity contribution >= 4 is 10.0 Å². The molecular weight excluding hydrogens is 288 g/mol. The van der Waals surface area contributed by atoms with E-state index in [2.05, 4.69) is 4.72 Å². The summed E-state index contributed by atoms with van der Waals surface area (Å²) in [7, 11) is -3.48. The van der Waals surface area contributed by atoms with E-state index >= 15 is 0 Å². The normalized spacial score (nSPS) is 19.6. The van der Waals surface area contributed by atoms with E-state index in [1.807, 2.05) is 13.0 Å². The van der Waals surface area contributed by atoms with Crippen LogP contribution in [0.4, 0.5) is 0 Å². The summed E-state index contributed by atoms with van der Waals surface area (Å²) in [5.41, 5.74) is 7.68. The first-order chi connectivity index (χ1) is 10.1. The molecule has 1 heterocycles. The van der Waals surface area contributed by atoms with Gasteiger partial charge in [0.05, 0.1) is 11.5 Å². The Labute approximate surface area is 126 Å². The van der Waals surface area contributed by atoms with Crippen LogP contribution >= 0.6 is 0 Å². The Kier molecular flexibility index (Phi) is 5.75. The molecule has 1 aliphatic heterocycles. The van der Waals surface area contributed by atoms with Crippen molar-refractivity contribution in [2.45, 2.75) is 37.6 Å². The lowest BCUT2D eigenvalue weighted by Crippen LogP contribution is -2.33. The zero-order chi connectivity index (χ0) is 15.3. The molecule has 1 fully saturated rings. The largest absolute Gasteiger partial charge is 0.381 e. The highest BCUT2D eigenvalue weighted by atomic mass is 32.2. The zero-order valence-corrected chi connectivity index (χ0v) is 13.3. The topological polar surface area (TPSA) is 81.4 Å². The van der Waals surface area contributed by atoms with Gasteiger partial charge in [0.2, 0.25) is 10.0 Å². The third-order valence-electron chi connectivity index (χ3n) is 3.91. The van der Waals surface area contributed by atoms with E-state index in [1.54, 1.807) is 12.1 Å².